The topological polar surface area (TPSA) is 76.1 Å². The maximum Gasteiger partial charge on any atom is 0.335 e. The molecule has 0 aliphatic carbocycles. The van der Waals surface area contributed by atoms with Crippen molar-refractivity contribution in [1.82, 2.24) is 4.90 Å². The van der Waals surface area contributed by atoms with Crippen LogP contribution in [0, 0.1) is 0 Å². The summed E-state index contributed by atoms with van der Waals surface area (Å²) in [5.41, 5.74) is 2.94. The van der Waals surface area contributed by atoms with Gasteiger partial charge in [-0.2, -0.15) is 0 Å². The highest BCUT2D eigenvalue weighted by atomic mass is 32.2. The molecule has 1 N–H and O–H groups in total. The molecule has 1 fully saturated rings. The molecule has 3 aromatic carbocycles. The second kappa shape index (κ2) is 10.5. The maximum atomic E-state index is 12.9. The van der Waals surface area contributed by atoms with Gasteiger partial charge < -0.3 is 14.6 Å². The number of thiocarbonyl (C=S) groups is 1. The second-order valence-corrected chi connectivity index (χ2v) is 9.15. The van der Waals surface area contributed by atoms with Crippen LogP contribution in [0.15, 0.2) is 77.7 Å². The monoisotopic (exact) mass is 491 g/mol. The van der Waals surface area contributed by atoms with E-state index in [2.05, 4.69) is 0 Å². The van der Waals surface area contributed by atoms with Crippen molar-refractivity contribution in [3.05, 3.63) is 100.0 Å². The van der Waals surface area contributed by atoms with Gasteiger partial charge in [0.15, 0.2) is 0 Å². The number of carboxylic acids is 1. The molecule has 1 heterocycles. The Morgan fingerprint density at radius 2 is 1.59 bits per heavy atom. The van der Waals surface area contributed by atoms with Crippen molar-refractivity contribution in [3.8, 4) is 11.5 Å². The molecular weight excluding hydrogens is 470 g/mol. The Morgan fingerprint density at radius 1 is 0.971 bits per heavy atom. The zero-order chi connectivity index (χ0) is 24.1. The van der Waals surface area contributed by atoms with Crippen LogP contribution >= 0.6 is 24.0 Å². The van der Waals surface area contributed by atoms with Gasteiger partial charge >= 0.3 is 5.97 Å². The number of aromatic carboxylic acids is 1. The third kappa shape index (κ3) is 5.65. The first-order valence-electron chi connectivity index (χ1n) is 10.4. The number of rotatable bonds is 8. The molecule has 34 heavy (non-hydrogen) atoms. The Morgan fingerprint density at radius 3 is 2.21 bits per heavy atom. The number of amides is 1. The average molecular weight is 492 g/mol. The largest absolute Gasteiger partial charge is 0.497 e. The first kappa shape index (κ1) is 23.5. The first-order valence-corrected chi connectivity index (χ1v) is 11.6. The fourth-order valence-electron chi connectivity index (χ4n) is 3.27. The SMILES string of the molecule is COc1ccc(CN2C(=O)C(=Cc3ccc(OCc4ccc(C(=O)O)cc4)cc3)SC2=S)cc1. The van der Waals surface area contributed by atoms with Gasteiger partial charge in [-0.25, -0.2) is 4.79 Å². The molecular formula is C26H21NO5S2. The third-order valence-corrected chi connectivity index (χ3v) is 6.54. The molecule has 6 nitrogen and oxygen atoms in total. The molecule has 0 radical (unpaired) electrons. The van der Waals surface area contributed by atoms with Crippen LogP contribution in [-0.4, -0.2) is 33.3 Å². The number of hydrogen-bond donors (Lipinski definition) is 1. The van der Waals surface area contributed by atoms with Crippen molar-refractivity contribution in [2.75, 3.05) is 7.11 Å². The molecule has 0 bridgehead atoms. The number of ether oxygens (including phenoxy) is 2. The predicted octanol–water partition coefficient (Wildman–Crippen LogP) is 5.37. The van der Waals surface area contributed by atoms with E-state index in [1.807, 2.05) is 54.6 Å². The van der Waals surface area contributed by atoms with E-state index in [9.17, 15) is 9.59 Å². The van der Waals surface area contributed by atoms with Crippen LogP contribution in [0.5, 0.6) is 11.5 Å². The fourth-order valence-corrected chi connectivity index (χ4v) is 4.53. The molecule has 3 aromatic rings. The molecule has 1 aliphatic rings. The second-order valence-electron chi connectivity index (χ2n) is 7.48. The van der Waals surface area contributed by atoms with E-state index in [-0.39, 0.29) is 11.5 Å². The summed E-state index contributed by atoms with van der Waals surface area (Å²) in [6.45, 7) is 0.732. The highest BCUT2D eigenvalue weighted by Crippen LogP contribution is 2.34. The number of nitrogens with zero attached hydrogens (tertiary/aromatic N) is 1. The smallest absolute Gasteiger partial charge is 0.335 e. The standard InChI is InChI=1S/C26H21NO5S2/c1-31-21-10-6-18(7-11-21)15-27-24(28)23(34-26(27)33)14-17-4-12-22(13-5-17)32-16-19-2-8-20(9-3-19)25(29)30/h2-14H,15-16H2,1H3,(H,29,30). The van der Waals surface area contributed by atoms with Crippen LogP contribution in [-0.2, 0) is 17.9 Å². The Kier molecular flexibility index (Phi) is 7.30. The summed E-state index contributed by atoms with van der Waals surface area (Å²) in [5, 5.41) is 8.97. The zero-order valence-corrected chi connectivity index (χ0v) is 19.9. The van der Waals surface area contributed by atoms with Gasteiger partial charge in [-0.1, -0.05) is 60.4 Å². The molecule has 0 aromatic heterocycles. The van der Waals surface area contributed by atoms with Gasteiger partial charge in [0.05, 0.1) is 24.1 Å². The summed E-state index contributed by atoms with van der Waals surface area (Å²) in [6, 6.07) is 21.5. The van der Waals surface area contributed by atoms with E-state index >= 15 is 0 Å². The van der Waals surface area contributed by atoms with Crippen LogP contribution in [0.1, 0.15) is 27.0 Å². The minimum absolute atomic E-state index is 0.115. The summed E-state index contributed by atoms with van der Waals surface area (Å²) in [4.78, 5) is 26.0. The van der Waals surface area contributed by atoms with Crippen LogP contribution in [0.3, 0.4) is 0 Å². The summed E-state index contributed by atoms with van der Waals surface area (Å²) in [7, 11) is 1.61. The normalized spacial score (nSPS) is 14.5. The molecule has 1 aliphatic heterocycles. The summed E-state index contributed by atoms with van der Waals surface area (Å²) < 4.78 is 11.5. The van der Waals surface area contributed by atoms with Crippen molar-refractivity contribution in [2.45, 2.75) is 13.2 Å². The molecule has 172 valence electrons. The summed E-state index contributed by atoms with van der Waals surface area (Å²) >= 11 is 6.72. The fraction of sp³-hybridized carbons (Fsp3) is 0.115. The summed E-state index contributed by atoms with van der Waals surface area (Å²) in [6.07, 6.45) is 1.82. The molecule has 0 unspecified atom stereocenters. The minimum Gasteiger partial charge on any atom is -0.497 e. The van der Waals surface area contributed by atoms with E-state index in [0.29, 0.717) is 28.1 Å². The van der Waals surface area contributed by atoms with E-state index in [4.69, 9.17) is 26.8 Å². The maximum absolute atomic E-state index is 12.9. The Balaban J connectivity index is 1.37. The number of thioether (sulfide) groups is 1. The van der Waals surface area contributed by atoms with Gasteiger partial charge in [0.25, 0.3) is 5.91 Å². The van der Waals surface area contributed by atoms with Gasteiger partial charge in [0.1, 0.15) is 22.4 Å². The predicted molar refractivity (Wildman–Crippen MR) is 136 cm³/mol. The van der Waals surface area contributed by atoms with E-state index in [1.165, 1.54) is 11.8 Å². The van der Waals surface area contributed by atoms with Gasteiger partial charge in [0.2, 0.25) is 0 Å². The number of carbonyl (C=O) groups excluding carboxylic acids is 1. The number of hydrogen-bond acceptors (Lipinski definition) is 6. The molecule has 0 saturated carbocycles. The van der Waals surface area contributed by atoms with E-state index in [0.717, 1.165) is 22.4 Å². The summed E-state index contributed by atoms with van der Waals surface area (Å²) in [5.74, 6) is 0.362. The Bertz CT molecular complexity index is 1240. The highest BCUT2D eigenvalue weighted by Gasteiger charge is 2.31. The molecule has 0 atom stereocenters. The quantitative estimate of drug-likeness (QED) is 0.335. The molecule has 0 spiro atoms. The Labute approximate surface area is 206 Å². The van der Waals surface area contributed by atoms with Crippen LogP contribution in [0.25, 0.3) is 6.08 Å². The van der Waals surface area contributed by atoms with Gasteiger partial charge in [-0.3, -0.25) is 9.69 Å². The van der Waals surface area contributed by atoms with Gasteiger partial charge in [-0.05, 0) is 59.2 Å². The number of carboxylic acid groups (broad SMARTS) is 1. The number of methoxy groups -OCH3 is 1. The van der Waals surface area contributed by atoms with Gasteiger partial charge in [-0.15, -0.1) is 0 Å². The number of carbonyl (C=O) groups is 2. The van der Waals surface area contributed by atoms with E-state index < -0.39 is 5.97 Å². The lowest BCUT2D eigenvalue weighted by Crippen LogP contribution is -2.27. The minimum atomic E-state index is -0.958. The Hall–Kier alpha value is -3.62. The van der Waals surface area contributed by atoms with Crippen LogP contribution in [0.2, 0.25) is 0 Å². The molecule has 1 saturated heterocycles. The molecule has 8 heteroatoms. The average Bonchev–Trinajstić information content (AvgIpc) is 3.11. The first-order chi connectivity index (χ1) is 16.4. The van der Waals surface area contributed by atoms with Crippen molar-refractivity contribution < 1.29 is 24.2 Å². The van der Waals surface area contributed by atoms with E-state index in [1.54, 1.807) is 36.3 Å². The number of benzene rings is 3. The molecule has 4 rings (SSSR count). The van der Waals surface area contributed by atoms with Crippen molar-refractivity contribution in [2.24, 2.45) is 0 Å². The third-order valence-electron chi connectivity index (χ3n) is 5.16. The van der Waals surface area contributed by atoms with Gasteiger partial charge in [0, 0.05) is 0 Å². The zero-order valence-electron chi connectivity index (χ0n) is 18.3. The van der Waals surface area contributed by atoms with Crippen LogP contribution < -0.4 is 9.47 Å². The highest BCUT2D eigenvalue weighted by molar-refractivity contribution is 8.26. The lowest BCUT2D eigenvalue weighted by molar-refractivity contribution is -0.122. The van der Waals surface area contributed by atoms with Crippen LogP contribution in [0.4, 0.5) is 0 Å². The van der Waals surface area contributed by atoms with Crippen molar-refractivity contribution in [1.29, 1.82) is 0 Å². The lowest BCUT2D eigenvalue weighted by Gasteiger charge is -2.14. The lowest BCUT2D eigenvalue weighted by atomic mass is 10.1. The van der Waals surface area contributed by atoms with Crippen molar-refractivity contribution in [3.63, 3.8) is 0 Å². The van der Waals surface area contributed by atoms with Crippen molar-refractivity contribution >= 4 is 46.3 Å². The molecule has 1 amide bonds.